The van der Waals surface area contributed by atoms with Crippen molar-refractivity contribution in [2.45, 2.75) is 23.4 Å². The van der Waals surface area contributed by atoms with E-state index in [-0.39, 0.29) is 3.63 Å². The molecule has 0 bridgehead atoms. The van der Waals surface area contributed by atoms with Crippen LogP contribution in [0, 0.1) is 0 Å². The molecule has 6 aromatic rings. The summed E-state index contributed by atoms with van der Waals surface area (Å²) in [5, 5.41) is 2.95. The van der Waals surface area contributed by atoms with Gasteiger partial charge in [-0.3, -0.25) is 0 Å². The van der Waals surface area contributed by atoms with Gasteiger partial charge in [-0.05, 0) is 0 Å². The van der Waals surface area contributed by atoms with Gasteiger partial charge in [0, 0.05) is 0 Å². The molecule has 1 heterocycles. The maximum atomic E-state index is 8.05. The van der Waals surface area contributed by atoms with Gasteiger partial charge in [0.25, 0.3) is 0 Å². The van der Waals surface area contributed by atoms with Crippen LogP contribution in [0.4, 0.5) is 0 Å². The van der Waals surface area contributed by atoms with Gasteiger partial charge in [0.1, 0.15) is 0 Å². The van der Waals surface area contributed by atoms with Crippen molar-refractivity contribution in [3.8, 4) is 33.4 Å². The van der Waals surface area contributed by atoms with Gasteiger partial charge < -0.3 is 0 Å². The van der Waals surface area contributed by atoms with Gasteiger partial charge >= 0.3 is 288 Å². The van der Waals surface area contributed by atoms with Crippen LogP contribution >= 0.6 is 17.0 Å². The zero-order chi connectivity index (χ0) is 31.4. The maximum absolute atomic E-state index is 8.05. The summed E-state index contributed by atoms with van der Waals surface area (Å²) in [6, 6.07) is 50.7. The van der Waals surface area contributed by atoms with E-state index < -0.39 is 27.4 Å². The first-order valence-electron chi connectivity index (χ1n) is 16.1. The van der Waals surface area contributed by atoms with Crippen molar-refractivity contribution < 1.29 is 17.9 Å². The summed E-state index contributed by atoms with van der Waals surface area (Å²) in [6.07, 6.45) is 2.43. The van der Waals surface area contributed by atoms with E-state index in [1.54, 1.807) is 0 Å². The predicted molar refractivity (Wildman–Crippen MR) is 199 cm³/mol. The Labute approximate surface area is 286 Å². The third-order valence-electron chi connectivity index (χ3n) is 9.82. The molecule has 0 spiro atoms. The van der Waals surface area contributed by atoms with E-state index in [0.29, 0.717) is 5.92 Å². The predicted octanol–water partition coefficient (Wildman–Crippen LogP) is 9.63. The van der Waals surface area contributed by atoms with Crippen molar-refractivity contribution in [1.29, 1.82) is 0 Å². The second kappa shape index (κ2) is 12.1. The van der Waals surface area contributed by atoms with Crippen molar-refractivity contribution in [3.63, 3.8) is 0 Å². The fourth-order valence-electron chi connectivity index (χ4n) is 7.71. The Kier molecular flexibility index (Phi) is 7.90. The SMILES string of the molecule is CC(C)c1ccc2c(c1-c1ccccc1-c1ccccc1)C=C(c1ccccc1)[CH]2[Zr]([Cl])([Cl])[c]1cccc2c1[SiH2]c1ccccc1-2. The normalized spacial score (nSPS) is 15.5. The van der Waals surface area contributed by atoms with Crippen LogP contribution < -0.4 is 13.6 Å². The number of halogens is 2. The molecule has 0 N–H and O–H groups in total. The molecule has 0 aromatic heterocycles. The molecule has 0 saturated heterocycles. The van der Waals surface area contributed by atoms with E-state index >= 15 is 0 Å². The fraction of sp³-hybridized carbons (Fsp3) is 0.0952. The Morgan fingerprint density at radius 3 is 1.91 bits per heavy atom. The summed E-state index contributed by atoms with van der Waals surface area (Å²) in [5.41, 5.74) is 14.1. The molecule has 1 atom stereocenters. The van der Waals surface area contributed by atoms with Crippen LogP contribution in [0.2, 0.25) is 0 Å². The van der Waals surface area contributed by atoms with E-state index in [1.165, 1.54) is 74.9 Å². The van der Waals surface area contributed by atoms with Gasteiger partial charge in [0.05, 0.1) is 0 Å². The Morgan fingerprint density at radius 1 is 0.587 bits per heavy atom. The van der Waals surface area contributed by atoms with Crippen LogP contribution in [0.15, 0.2) is 140 Å². The summed E-state index contributed by atoms with van der Waals surface area (Å²) in [5.74, 6) is 0.346. The molecule has 2 aliphatic rings. The monoisotopic (exact) mass is 726 g/mol. The van der Waals surface area contributed by atoms with Gasteiger partial charge in [-0.25, -0.2) is 0 Å². The quantitative estimate of drug-likeness (QED) is 0.150. The first-order chi connectivity index (χ1) is 22.4. The van der Waals surface area contributed by atoms with Crippen LogP contribution in [0.1, 0.15) is 45.6 Å². The Morgan fingerprint density at radius 2 is 1.20 bits per heavy atom. The first kappa shape index (κ1) is 30.1. The molecule has 46 heavy (non-hydrogen) atoms. The number of allylic oxidation sites excluding steroid dienone is 1. The molecule has 224 valence electrons. The van der Waals surface area contributed by atoms with Crippen LogP contribution in [-0.2, 0) is 17.9 Å². The molecular formula is C42H34Cl2SiZr. The third-order valence-corrected chi connectivity index (χ3v) is 24.0. The summed E-state index contributed by atoms with van der Waals surface area (Å²) in [6.45, 7) is 4.60. The molecule has 8 rings (SSSR count). The number of rotatable bonds is 6. The fourth-order valence-corrected chi connectivity index (χ4v) is 24.2. The van der Waals surface area contributed by atoms with Crippen LogP contribution in [0.5, 0.6) is 0 Å². The average molecular weight is 729 g/mol. The molecular weight excluding hydrogens is 695 g/mol. The molecule has 0 amide bonds. The average Bonchev–Trinajstić information content (AvgIpc) is 3.68. The van der Waals surface area contributed by atoms with Gasteiger partial charge in [0.15, 0.2) is 0 Å². The molecule has 1 unspecified atom stereocenters. The van der Waals surface area contributed by atoms with Crippen molar-refractivity contribution in [1.82, 2.24) is 0 Å². The number of benzene rings is 6. The van der Waals surface area contributed by atoms with Crippen molar-refractivity contribution >= 4 is 51.8 Å². The van der Waals surface area contributed by atoms with Gasteiger partial charge in [0.2, 0.25) is 0 Å². The van der Waals surface area contributed by atoms with E-state index in [9.17, 15) is 0 Å². The summed E-state index contributed by atoms with van der Waals surface area (Å²) in [7, 11) is 15.4. The second-order valence-corrected chi connectivity index (χ2v) is 28.6. The Hall–Kier alpha value is -3.26. The third kappa shape index (κ3) is 4.97. The van der Waals surface area contributed by atoms with Crippen LogP contribution in [0.25, 0.3) is 45.0 Å². The van der Waals surface area contributed by atoms with Crippen molar-refractivity contribution in [2.24, 2.45) is 0 Å². The van der Waals surface area contributed by atoms with E-state index in [2.05, 4.69) is 159 Å². The van der Waals surface area contributed by atoms with Gasteiger partial charge in [-0.2, -0.15) is 0 Å². The van der Waals surface area contributed by atoms with Crippen molar-refractivity contribution in [2.75, 3.05) is 0 Å². The summed E-state index contributed by atoms with van der Waals surface area (Å²) >= 11 is -4.20. The number of hydrogen-bond acceptors (Lipinski definition) is 0. The molecule has 4 heteroatoms. The standard InChI is InChI=1S/C30H25.C12H9Si.2ClH.Zr/c1-21(2)26-18-17-24-19-25(22-11-5-3-6-12-22)20-29(24)30(26)28-16-10-9-15-27(28)23-13-7-4-8-14-23;1-3-7-11-9(5-1)10-6-2-4-8-12(10)13-11;;;/h3-21H,1-2H3;1-7H,13H2;2*1H;/q;;;;+2/p-2. The zero-order valence-electron chi connectivity index (χ0n) is 26.0. The van der Waals surface area contributed by atoms with E-state index in [0.717, 1.165) is 0 Å². The topological polar surface area (TPSA) is 0 Å². The van der Waals surface area contributed by atoms with E-state index in [4.69, 9.17) is 17.0 Å². The number of fused-ring (bicyclic) bond motifs is 4. The van der Waals surface area contributed by atoms with Gasteiger partial charge in [-0.15, -0.1) is 0 Å². The summed E-state index contributed by atoms with van der Waals surface area (Å²) in [4.78, 5) is 0. The molecule has 0 nitrogen and oxygen atoms in total. The molecule has 1 aliphatic heterocycles. The molecule has 1 aliphatic carbocycles. The zero-order valence-corrected chi connectivity index (χ0v) is 31.4. The summed E-state index contributed by atoms with van der Waals surface area (Å²) < 4.78 is 1.22. The van der Waals surface area contributed by atoms with Crippen LogP contribution in [-0.4, -0.2) is 9.52 Å². The molecule has 0 radical (unpaired) electrons. The Balaban J connectivity index is 1.38. The minimum atomic E-state index is -4.20. The van der Waals surface area contributed by atoms with E-state index in [1.807, 2.05) is 0 Å². The van der Waals surface area contributed by atoms with Crippen LogP contribution in [0.3, 0.4) is 0 Å². The molecule has 0 saturated carbocycles. The molecule has 0 fully saturated rings. The molecule has 6 aromatic carbocycles. The minimum absolute atomic E-state index is 0.0388. The van der Waals surface area contributed by atoms with Gasteiger partial charge in [-0.1, -0.05) is 0 Å². The second-order valence-electron chi connectivity index (χ2n) is 12.8. The Bertz CT molecular complexity index is 2130. The first-order valence-corrected chi connectivity index (χ1v) is 26.5. The van der Waals surface area contributed by atoms with Crippen molar-refractivity contribution in [3.05, 3.63) is 162 Å². The number of hydrogen-bond donors (Lipinski definition) is 0.